The van der Waals surface area contributed by atoms with Crippen LogP contribution in [-0.2, 0) is 4.74 Å². The van der Waals surface area contributed by atoms with Crippen LogP contribution in [0.25, 0.3) is 27.3 Å². The number of carbonyl (C=O) groups excluding carboxylic acids is 1. The lowest BCUT2D eigenvalue weighted by Crippen LogP contribution is -2.41. The summed E-state index contributed by atoms with van der Waals surface area (Å²) in [4.78, 5) is 32.9. The van der Waals surface area contributed by atoms with Gasteiger partial charge in [-0.25, -0.2) is 4.98 Å². The highest BCUT2D eigenvalue weighted by Crippen LogP contribution is 2.20. The third kappa shape index (κ3) is 3.42. The first-order valence-corrected chi connectivity index (χ1v) is 10.1. The summed E-state index contributed by atoms with van der Waals surface area (Å²) in [6, 6.07) is 15.0. The molecule has 7 nitrogen and oxygen atoms in total. The van der Waals surface area contributed by atoms with Gasteiger partial charge in [0.25, 0.3) is 11.5 Å². The SMILES string of the molecule is O=C(NCCN1CCOCC1)c1cccn2c(=O)c3cc4ccccc4cc3nc12. The average Bonchev–Trinajstić information content (AvgIpc) is 2.78. The topological polar surface area (TPSA) is 75.9 Å². The van der Waals surface area contributed by atoms with Crippen LogP contribution < -0.4 is 10.9 Å². The largest absolute Gasteiger partial charge is 0.379 e. The van der Waals surface area contributed by atoms with E-state index < -0.39 is 0 Å². The molecule has 2 aromatic heterocycles. The number of nitrogens with one attached hydrogen (secondary N) is 1. The highest BCUT2D eigenvalue weighted by Gasteiger charge is 2.16. The first-order chi connectivity index (χ1) is 14.7. The van der Waals surface area contributed by atoms with Crippen LogP contribution in [0, 0.1) is 0 Å². The molecule has 7 heteroatoms. The van der Waals surface area contributed by atoms with Gasteiger partial charge in [-0.2, -0.15) is 0 Å². The summed E-state index contributed by atoms with van der Waals surface area (Å²) in [6.45, 7) is 4.50. The van der Waals surface area contributed by atoms with Crippen LogP contribution in [0.3, 0.4) is 0 Å². The Bertz CT molecular complexity index is 1310. The standard InChI is InChI=1S/C23H22N4O3/c28-22(24-7-9-26-10-12-30-13-11-26)18-6-3-8-27-21(18)25-20-15-17-5-2-1-4-16(17)14-19(20)23(27)29/h1-6,8,14-15H,7,9-13H2,(H,24,28). The fourth-order valence-corrected chi connectivity index (χ4v) is 3.94. The van der Waals surface area contributed by atoms with E-state index in [0.29, 0.717) is 28.7 Å². The Balaban J connectivity index is 1.49. The van der Waals surface area contributed by atoms with Crippen molar-refractivity contribution in [2.24, 2.45) is 0 Å². The summed E-state index contributed by atoms with van der Waals surface area (Å²) in [5, 5.41) is 5.49. The van der Waals surface area contributed by atoms with Crippen LogP contribution in [0.5, 0.6) is 0 Å². The Hall–Kier alpha value is -3.29. The zero-order valence-corrected chi connectivity index (χ0v) is 16.5. The number of nitrogens with zero attached hydrogens (tertiary/aromatic N) is 3. The number of carbonyl (C=O) groups is 1. The number of rotatable bonds is 4. The van der Waals surface area contributed by atoms with Crippen molar-refractivity contribution in [2.45, 2.75) is 0 Å². The fraction of sp³-hybridized carbons (Fsp3) is 0.261. The third-order valence-electron chi connectivity index (χ3n) is 5.57. The highest BCUT2D eigenvalue weighted by molar-refractivity contribution is 6.02. The van der Waals surface area contributed by atoms with Crippen molar-refractivity contribution in [3.05, 3.63) is 70.6 Å². The average molecular weight is 402 g/mol. The maximum atomic E-state index is 13.1. The van der Waals surface area contributed by atoms with Crippen LogP contribution in [0.2, 0.25) is 0 Å². The summed E-state index contributed by atoms with van der Waals surface area (Å²) >= 11 is 0. The number of hydrogen-bond donors (Lipinski definition) is 1. The molecule has 2 aromatic carbocycles. The molecule has 3 heterocycles. The van der Waals surface area contributed by atoms with E-state index in [0.717, 1.165) is 43.6 Å². The summed E-state index contributed by atoms with van der Waals surface area (Å²) in [6.07, 6.45) is 1.66. The van der Waals surface area contributed by atoms with Gasteiger partial charge in [-0.3, -0.25) is 18.9 Å². The van der Waals surface area contributed by atoms with Gasteiger partial charge in [0, 0.05) is 32.4 Å². The van der Waals surface area contributed by atoms with E-state index >= 15 is 0 Å². The van der Waals surface area contributed by atoms with E-state index in [9.17, 15) is 9.59 Å². The Morgan fingerprint density at radius 1 is 1.07 bits per heavy atom. The number of hydrogen-bond acceptors (Lipinski definition) is 5. The van der Waals surface area contributed by atoms with E-state index in [2.05, 4.69) is 15.2 Å². The quantitative estimate of drug-likeness (QED) is 0.529. The van der Waals surface area contributed by atoms with Gasteiger partial charge >= 0.3 is 0 Å². The lowest BCUT2D eigenvalue weighted by atomic mass is 10.1. The molecule has 1 N–H and O–H groups in total. The van der Waals surface area contributed by atoms with Crippen LogP contribution in [0.4, 0.5) is 0 Å². The summed E-state index contributed by atoms with van der Waals surface area (Å²) in [7, 11) is 0. The van der Waals surface area contributed by atoms with Crippen molar-refractivity contribution >= 4 is 33.2 Å². The second-order valence-electron chi connectivity index (χ2n) is 7.46. The van der Waals surface area contributed by atoms with Gasteiger partial charge in [0.05, 0.1) is 29.7 Å². The third-order valence-corrected chi connectivity index (χ3v) is 5.57. The molecule has 0 radical (unpaired) electrons. The number of morpholine rings is 1. The Morgan fingerprint density at radius 3 is 2.63 bits per heavy atom. The normalized spacial score (nSPS) is 15.1. The van der Waals surface area contributed by atoms with Gasteiger partial charge in [0.15, 0.2) is 5.65 Å². The molecule has 0 bridgehead atoms. The lowest BCUT2D eigenvalue weighted by Gasteiger charge is -2.26. The highest BCUT2D eigenvalue weighted by atomic mass is 16.5. The van der Waals surface area contributed by atoms with E-state index in [1.54, 1.807) is 18.3 Å². The molecule has 5 rings (SSSR count). The van der Waals surface area contributed by atoms with Crippen LogP contribution >= 0.6 is 0 Å². The molecule has 0 unspecified atom stereocenters. The second kappa shape index (κ2) is 7.85. The van der Waals surface area contributed by atoms with E-state index in [-0.39, 0.29) is 11.5 Å². The van der Waals surface area contributed by atoms with Crippen LogP contribution in [0.15, 0.2) is 59.5 Å². The molecule has 1 saturated heterocycles. The molecule has 0 saturated carbocycles. The predicted octanol–water partition coefficient (Wildman–Crippen LogP) is 2.06. The van der Waals surface area contributed by atoms with Crippen molar-refractivity contribution in [2.75, 3.05) is 39.4 Å². The Labute approximate surface area is 172 Å². The van der Waals surface area contributed by atoms with E-state index in [1.807, 2.05) is 36.4 Å². The molecule has 1 amide bonds. The van der Waals surface area contributed by atoms with Crippen molar-refractivity contribution < 1.29 is 9.53 Å². The number of ether oxygens (including phenoxy) is 1. The van der Waals surface area contributed by atoms with Crippen molar-refractivity contribution in [3.63, 3.8) is 0 Å². The van der Waals surface area contributed by atoms with Gasteiger partial charge in [-0.1, -0.05) is 24.3 Å². The molecule has 30 heavy (non-hydrogen) atoms. The Morgan fingerprint density at radius 2 is 1.83 bits per heavy atom. The van der Waals surface area contributed by atoms with E-state index in [1.165, 1.54) is 4.40 Å². The number of aromatic nitrogens is 2. The van der Waals surface area contributed by atoms with Crippen LogP contribution in [-0.4, -0.2) is 59.6 Å². The molecule has 0 atom stereocenters. The molecular weight excluding hydrogens is 380 g/mol. The predicted molar refractivity (Wildman–Crippen MR) is 116 cm³/mol. The first kappa shape index (κ1) is 18.7. The maximum Gasteiger partial charge on any atom is 0.265 e. The maximum absolute atomic E-state index is 13.1. The molecular formula is C23H22N4O3. The zero-order valence-electron chi connectivity index (χ0n) is 16.5. The lowest BCUT2D eigenvalue weighted by molar-refractivity contribution is 0.0383. The van der Waals surface area contributed by atoms with Gasteiger partial charge in [0.2, 0.25) is 0 Å². The van der Waals surface area contributed by atoms with Gasteiger partial charge in [-0.15, -0.1) is 0 Å². The van der Waals surface area contributed by atoms with Crippen molar-refractivity contribution in [3.8, 4) is 0 Å². The van der Waals surface area contributed by atoms with Gasteiger partial charge in [0.1, 0.15) is 0 Å². The number of fused-ring (bicyclic) bond motifs is 3. The molecule has 152 valence electrons. The van der Waals surface area contributed by atoms with Crippen molar-refractivity contribution in [1.29, 1.82) is 0 Å². The summed E-state index contributed by atoms with van der Waals surface area (Å²) < 4.78 is 6.80. The molecule has 0 aliphatic carbocycles. The minimum absolute atomic E-state index is 0.177. The van der Waals surface area contributed by atoms with Gasteiger partial charge < -0.3 is 10.1 Å². The zero-order chi connectivity index (χ0) is 20.5. The van der Waals surface area contributed by atoms with E-state index in [4.69, 9.17) is 4.74 Å². The molecule has 1 fully saturated rings. The van der Waals surface area contributed by atoms with Crippen molar-refractivity contribution in [1.82, 2.24) is 19.6 Å². The Kier molecular flexibility index (Phi) is 4.90. The number of benzene rings is 2. The number of amides is 1. The first-order valence-electron chi connectivity index (χ1n) is 10.1. The smallest absolute Gasteiger partial charge is 0.265 e. The monoisotopic (exact) mass is 402 g/mol. The molecule has 0 spiro atoms. The van der Waals surface area contributed by atoms with Crippen LogP contribution in [0.1, 0.15) is 10.4 Å². The molecule has 1 aliphatic rings. The minimum Gasteiger partial charge on any atom is -0.379 e. The molecule has 4 aromatic rings. The fourth-order valence-electron chi connectivity index (χ4n) is 3.94. The summed E-state index contributed by atoms with van der Waals surface area (Å²) in [5.74, 6) is -0.228. The second-order valence-corrected chi connectivity index (χ2v) is 7.46. The molecule has 1 aliphatic heterocycles. The number of pyridine rings is 1. The summed E-state index contributed by atoms with van der Waals surface area (Å²) in [5.41, 5.74) is 1.18. The van der Waals surface area contributed by atoms with Gasteiger partial charge in [-0.05, 0) is 35.0 Å². The minimum atomic E-state index is -0.228.